The highest BCUT2D eigenvalue weighted by Gasteiger charge is 2.52. The number of benzene rings is 3. The summed E-state index contributed by atoms with van der Waals surface area (Å²) in [4.78, 5) is 21.7. The van der Waals surface area contributed by atoms with Crippen LogP contribution in [0.1, 0.15) is 73.7 Å². The average Bonchev–Trinajstić information content (AvgIpc) is 2.89. The van der Waals surface area contributed by atoms with Crippen molar-refractivity contribution in [1.82, 2.24) is 0 Å². The fraction of sp³-hybridized carbons (Fsp3) is 0.424. The third-order valence-corrected chi connectivity index (χ3v) is 9.10. The van der Waals surface area contributed by atoms with Gasteiger partial charge in [0.2, 0.25) is 0 Å². The molecule has 37 heavy (non-hydrogen) atoms. The predicted octanol–water partition coefficient (Wildman–Crippen LogP) is 7.61. The predicted molar refractivity (Wildman–Crippen MR) is 146 cm³/mol. The molecule has 0 amide bonds. The Balaban J connectivity index is 1.36. The molecule has 0 saturated heterocycles. The van der Waals surface area contributed by atoms with Crippen LogP contribution in [0.5, 0.6) is 5.75 Å². The summed E-state index contributed by atoms with van der Waals surface area (Å²) in [5.41, 5.74) is 4.03. The van der Waals surface area contributed by atoms with Gasteiger partial charge in [0.25, 0.3) is 0 Å². The first kappa shape index (κ1) is 24.0. The van der Waals surface area contributed by atoms with E-state index in [9.17, 15) is 14.7 Å². The molecule has 0 unspecified atom stereocenters. The van der Waals surface area contributed by atoms with Gasteiger partial charge in [-0.05, 0) is 139 Å². The van der Waals surface area contributed by atoms with Gasteiger partial charge in [-0.3, -0.25) is 0 Å². The molecular weight excluding hydrogens is 460 g/mol. The first-order valence-electron chi connectivity index (χ1n) is 13.8. The highest BCUT2D eigenvalue weighted by atomic mass is 16.5. The molecule has 0 aromatic heterocycles. The summed E-state index contributed by atoms with van der Waals surface area (Å²) < 4.78 is 6.50. The Bertz CT molecular complexity index is 1330. The molecule has 4 aliphatic carbocycles. The Kier molecular flexibility index (Phi) is 6.38. The van der Waals surface area contributed by atoms with E-state index in [4.69, 9.17) is 4.74 Å². The molecule has 4 fully saturated rings. The van der Waals surface area contributed by atoms with Crippen LogP contribution in [-0.2, 0) is 10.2 Å². The fourth-order valence-electron chi connectivity index (χ4n) is 7.83. The van der Waals surface area contributed by atoms with Crippen LogP contribution in [0.3, 0.4) is 0 Å². The molecule has 0 aliphatic heterocycles. The number of carbonyl (C=O) groups is 1. The van der Waals surface area contributed by atoms with Crippen molar-refractivity contribution >= 4 is 22.7 Å². The molecule has 3 aromatic rings. The highest BCUT2D eigenvalue weighted by Crippen LogP contribution is 2.62. The van der Waals surface area contributed by atoms with Crippen molar-refractivity contribution < 1.29 is 19.4 Å². The third-order valence-electron chi connectivity index (χ3n) is 9.10. The van der Waals surface area contributed by atoms with Crippen molar-refractivity contribution in [2.24, 2.45) is 17.8 Å². The molecule has 190 valence electrons. The average molecular weight is 495 g/mol. The molecule has 0 spiro atoms. The van der Waals surface area contributed by atoms with Crippen LogP contribution in [-0.4, -0.2) is 23.6 Å². The van der Waals surface area contributed by atoms with E-state index in [1.54, 1.807) is 18.2 Å². The molecule has 0 radical (unpaired) electrons. The molecule has 0 atom stereocenters. The number of carboxylic acids is 1. The van der Waals surface area contributed by atoms with Gasteiger partial charge < -0.3 is 9.84 Å². The van der Waals surface area contributed by atoms with E-state index in [1.807, 2.05) is 18.1 Å². The second-order valence-corrected chi connectivity index (χ2v) is 11.7. The molecular formula is C33H34O4. The smallest absolute Gasteiger partial charge is 0.335 e. The molecule has 0 heterocycles. The Hall–Kier alpha value is -3.36. The number of fused-ring (bicyclic) bond motifs is 1. The minimum Gasteiger partial charge on any atom is -0.493 e. The highest BCUT2D eigenvalue weighted by molar-refractivity contribution is 5.91. The lowest BCUT2D eigenvalue weighted by molar-refractivity contribution is -0.00633. The second-order valence-electron chi connectivity index (χ2n) is 11.7. The molecule has 3 aromatic carbocycles. The molecule has 4 nitrogen and oxygen atoms in total. The molecule has 4 aliphatic rings. The summed E-state index contributed by atoms with van der Waals surface area (Å²) in [6.45, 7) is 0.658. The summed E-state index contributed by atoms with van der Waals surface area (Å²) in [6.07, 6.45) is 12.2. The monoisotopic (exact) mass is 494 g/mol. The normalized spacial score (nSPS) is 25.7. The SMILES string of the molecule is O=C=CCCCCOc1cc2ccc(-c3ccc(C(=O)O)cc3)cc2cc1C12CC3CC(CC(C3)C1)C2. The standard InChI is InChI=1S/C33H34O4/c34-11-3-1-2-4-12-37-31-18-28-10-9-27(25-5-7-26(8-6-25)32(35)36)16-29(28)17-30(31)33-19-22-13-23(20-33)15-24(14-22)21-33/h3,5-10,16-18,22-24H,1-2,4,12-15,19-21H2,(H,35,36). The van der Waals surface area contributed by atoms with Crippen LogP contribution < -0.4 is 4.74 Å². The molecule has 1 N–H and O–H groups in total. The lowest BCUT2D eigenvalue weighted by atomic mass is 9.48. The van der Waals surface area contributed by atoms with Gasteiger partial charge in [-0.25, -0.2) is 9.59 Å². The van der Waals surface area contributed by atoms with Gasteiger partial charge in [0.05, 0.1) is 12.2 Å². The van der Waals surface area contributed by atoms with Crippen molar-refractivity contribution in [2.45, 2.75) is 63.2 Å². The van der Waals surface area contributed by atoms with E-state index < -0.39 is 5.97 Å². The summed E-state index contributed by atoms with van der Waals surface area (Å²) in [5.74, 6) is 4.55. The number of aromatic carboxylic acids is 1. The summed E-state index contributed by atoms with van der Waals surface area (Å²) in [5, 5.41) is 11.6. The zero-order valence-electron chi connectivity index (χ0n) is 21.2. The first-order chi connectivity index (χ1) is 18.0. The van der Waals surface area contributed by atoms with Gasteiger partial charge in [0.1, 0.15) is 11.7 Å². The Morgan fingerprint density at radius 1 is 0.892 bits per heavy atom. The van der Waals surface area contributed by atoms with E-state index in [0.29, 0.717) is 12.2 Å². The Morgan fingerprint density at radius 3 is 2.22 bits per heavy atom. The van der Waals surface area contributed by atoms with Gasteiger partial charge in [0.15, 0.2) is 0 Å². The number of allylic oxidation sites excluding steroid dienone is 1. The Labute approximate surface area is 218 Å². The summed E-state index contributed by atoms with van der Waals surface area (Å²) >= 11 is 0. The first-order valence-corrected chi connectivity index (χ1v) is 13.8. The van der Waals surface area contributed by atoms with Crippen molar-refractivity contribution in [3.63, 3.8) is 0 Å². The topological polar surface area (TPSA) is 63.6 Å². The second kappa shape index (κ2) is 9.84. The van der Waals surface area contributed by atoms with Gasteiger partial charge >= 0.3 is 5.97 Å². The maximum Gasteiger partial charge on any atom is 0.335 e. The van der Waals surface area contributed by atoms with Crippen molar-refractivity contribution in [3.05, 3.63) is 71.8 Å². The number of hydrogen-bond donors (Lipinski definition) is 1. The maximum absolute atomic E-state index is 11.3. The van der Waals surface area contributed by atoms with Crippen LogP contribution in [0.2, 0.25) is 0 Å². The zero-order valence-corrected chi connectivity index (χ0v) is 21.2. The van der Waals surface area contributed by atoms with Crippen molar-refractivity contribution in [2.75, 3.05) is 6.61 Å². The van der Waals surface area contributed by atoms with Crippen molar-refractivity contribution in [3.8, 4) is 16.9 Å². The quantitative estimate of drug-likeness (QED) is 0.246. The van der Waals surface area contributed by atoms with Crippen molar-refractivity contribution in [1.29, 1.82) is 0 Å². The van der Waals surface area contributed by atoms with E-state index in [1.165, 1.54) is 54.9 Å². The van der Waals surface area contributed by atoms with Crippen LogP contribution in [0.4, 0.5) is 0 Å². The van der Waals surface area contributed by atoms with Gasteiger partial charge in [-0.2, -0.15) is 0 Å². The van der Waals surface area contributed by atoms with Crippen LogP contribution >= 0.6 is 0 Å². The summed E-state index contributed by atoms with van der Waals surface area (Å²) in [6, 6.07) is 18.3. The lowest BCUT2D eigenvalue weighted by Gasteiger charge is -2.57. The molecule has 4 bridgehead atoms. The van der Waals surface area contributed by atoms with E-state index in [0.717, 1.165) is 53.9 Å². The number of carboxylic acid groups (broad SMARTS) is 1. The minimum atomic E-state index is -0.905. The molecule has 4 heteroatoms. The Morgan fingerprint density at radius 2 is 1.57 bits per heavy atom. The number of unbranched alkanes of at least 4 members (excludes halogenated alkanes) is 2. The molecule has 4 saturated carbocycles. The summed E-state index contributed by atoms with van der Waals surface area (Å²) in [7, 11) is 0. The van der Waals surface area contributed by atoms with Gasteiger partial charge in [0, 0.05) is 5.56 Å². The number of rotatable bonds is 9. The number of hydrogen-bond acceptors (Lipinski definition) is 3. The lowest BCUT2D eigenvalue weighted by Crippen LogP contribution is -2.48. The van der Waals surface area contributed by atoms with E-state index in [2.05, 4.69) is 30.3 Å². The van der Waals surface area contributed by atoms with Gasteiger partial charge in [-0.1, -0.05) is 24.3 Å². The fourth-order valence-corrected chi connectivity index (χ4v) is 7.83. The van der Waals surface area contributed by atoms with Crippen LogP contribution in [0, 0.1) is 17.8 Å². The van der Waals surface area contributed by atoms with E-state index in [-0.39, 0.29) is 5.41 Å². The molecule has 7 rings (SSSR count). The third kappa shape index (κ3) is 4.71. The number of ether oxygens (including phenoxy) is 1. The van der Waals surface area contributed by atoms with Crippen LogP contribution in [0.15, 0.2) is 60.7 Å². The van der Waals surface area contributed by atoms with Gasteiger partial charge in [-0.15, -0.1) is 0 Å². The van der Waals surface area contributed by atoms with Crippen LogP contribution in [0.25, 0.3) is 21.9 Å². The zero-order chi connectivity index (χ0) is 25.4. The largest absolute Gasteiger partial charge is 0.493 e. The minimum absolute atomic E-state index is 0.220. The van der Waals surface area contributed by atoms with E-state index >= 15 is 0 Å². The number of carbonyl (C=O) groups excluding carboxylic acids is 1. The maximum atomic E-state index is 11.3.